The molecule has 2 fully saturated rings. The molecule has 0 aromatic heterocycles. The average Bonchev–Trinajstić information content (AvgIpc) is 3.32. The van der Waals surface area contributed by atoms with Crippen LogP contribution in [0, 0.1) is 11.8 Å². The summed E-state index contributed by atoms with van der Waals surface area (Å²) in [5.74, 6) is 1.23. The van der Waals surface area contributed by atoms with Gasteiger partial charge < -0.3 is 4.90 Å². The second-order valence-corrected chi connectivity index (χ2v) is 6.32. The van der Waals surface area contributed by atoms with E-state index < -0.39 is 0 Å². The molecule has 1 saturated heterocycles. The molecule has 2 aliphatic rings. The van der Waals surface area contributed by atoms with Crippen LogP contribution in [0.4, 0.5) is 0 Å². The van der Waals surface area contributed by atoms with Gasteiger partial charge in [-0.2, -0.15) is 0 Å². The Balaban J connectivity index is 1.71. The SMILES string of the molecule is CC(C(=O)N1CCN(C)C(c2ccccc2)C1)C1CC1. The molecule has 108 valence electrons. The third-order valence-electron chi connectivity index (χ3n) is 4.86. The molecule has 0 N–H and O–H groups in total. The standard InChI is InChI=1S/C17H24N2O/c1-13(14-8-9-14)17(20)19-11-10-18(2)16(12-19)15-6-4-3-5-7-15/h3-7,13-14,16H,8-12H2,1-2H3. The summed E-state index contributed by atoms with van der Waals surface area (Å²) in [6.45, 7) is 4.77. The fraction of sp³-hybridized carbons (Fsp3) is 0.588. The molecule has 0 bridgehead atoms. The van der Waals surface area contributed by atoms with Crippen LogP contribution in [-0.4, -0.2) is 42.4 Å². The van der Waals surface area contributed by atoms with Gasteiger partial charge in [-0.1, -0.05) is 37.3 Å². The van der Waals surface area contributed by atoms with Gasteiger partial charge in [0.25, 0.3) is 0 Å². The number of likely N-dealkylation sites (N-methyl/N-ethyl adjacent to an activating group) is 1. The lowest BCUT2D eigenvalue weighted by atomic mass is 10.00. The molecule has 20 heavy (non-hydrogen) atoms. The molecule has 1 heterocycles. The summed E-state index contributed by atoms with van der Waals surface area (Å²) < 4.78 is 0. The summed E-state index contributed by atoms with van der Waals surface area (Å²) >= 11 is 0. The zero-order valence-corrected chi connectivity index (χ0v) is 12.5. The van der Waals surface area contributed by atoms with Crippen molar-refractivity contribution in [3.05, 3.63) is 35.9 Å². The number of nitrogens with zero attached hydrogens (tertiary/aromatic N) is 2. The van der Waals surface area contributed by atoms with Crippen molar-refractivity contribution in [2.45, 2.75) is 25.8 Å². The van der Waals surface area contributed by atoms with E-state index in [1.807, 2.05) is 6.07 Å². The largest absolute Gasteiger partial charge is 0.339 e. The predicted octanol–water partition coefficient (Wildman–Crippen LogP) is 2.55. The van der Waals surface area contributed by atoms with E-state index in [4.69, 9.17) is 0 Å². The van der Waals surface area contributed by atoms with E-state index in [0.717, 1.165) is 19.6 Å². The van der Waals surface area contributed by atoms with Crippen LogP contribution in [0.2, 0.25) is 0 Å². The topological polar surface area (TPSA) is 23.6 Å². The molecule has 1 saturated carbocycles. The Labute approximate surface area is 121 Å². The zero-order valence-electron chi connectivity index (χ0n) is 12.5. The highest BCUT2D eigenvalue weighted by Gasteiger charge is 2.37. The summed E-state index contributed by atoms with van der Waals surface area (Å²) in [7, 11) is 2.16. The Morgan fingerprint density at radius 1 is 1.20 bits per heavy atom. The van der Waals surface area contributed by atoms with E-state index in [0.29, 0.717) is 17.9 Å². The van der Waals surface area contributed by atoms with Crippen LogP contribution in [0.25, 0.3) is 0 Å². The van der Waals surface area contributed by atoms with E-state index in [2.05, 4.69) is 48.0 Å². The fourth-order valence-electron chi connectivity index (χ4n) is 3.19. The first-order valence-corrected chi connectivity index (χ1v) is 7.71. The molecule has 1 aliphatic heterocycles. The van der Waals surface area contributed by atoms with Crippen LogP contribution in [0.3, 0.4) is 0 Å². The molecular formula is C17H24N2O. The quantitative estimate of drug-likeness (QED) is 0.844. The van der Waals surface area contributed by atoms with Crippen molar-refractivity contribution in [1.82, 2.24) is 9.80 Å². The molecule has 3 rings (SSSR count). The highest BCUT2D eigenvalue weighted by Crippen LogP contribution is 2.38. The van der Waals surface area contributed by atoms with Crippen molar-refractivity contribution in [1.29, 1.82) is 0 Å². The third-order valence-corrected chi connectivity index (χ3v) is 4.86. The van der Waals surface area contributed by atoms with Crippen LogP contribution >= 0.6 is 0 Å². The number of hydrogen-bond acceptors (Lipinski definition) is 2. The minimum atomic E-state index is 0.217. The van der Waals surface area contributed by atoms with E-state index in [1.165, 1.54) is 18.4 Å². The molecule has 1 aromatic carbocycles. The number of hydrogen-bond donors (Lipinski definition) is 0. The van der Waals surface area contributed by atoms with E-state index >= 15 is 0 Å². The number of amides is 1. The molecule has 3 nitrogen and oxygen atoms in total. The van der Waals surface area contributed by atoms with Crippen molar-refractivity contribution < 1.29 is 4.79 Å². The van der Waals surface area contributed by atoms with Gasteiger partial charge in [-0.3, -0.25) is 9.69 Å². The van der Waals surface area contributed by atoms with Crippen LogP contribution in [0.5, 0.6) is 0 Å². The van der Waals surface area contributed by atoms with Gasteiger partial charge in [-0.25, -0.2) is 0 Å². The van der Waals surface area contributed by atoms with Crippen molar-refractivity contribution in [2.75, 3.05) is 26.7 Å². The van der Waals surface area contributed by atoms with E-state index in [9.17, 15) is 4.79 Å². The minimum absolute atomic E-state index is 0.217. The van der Waals surface area contributed by atoms with Crippen molar-refractivity contribution >= 4 is 5.91 Å². The maximum absolute atomic E-state index is 12.6. The zero-order chi connectivity index (χ0) is 14.1. The van der Waals surface area contributed by atoms with Gasteiger partial charge >= 0.3 is 0 Å². The number of carbonyl (C=O) groups is 1. The molecular weight excluding hydrogens is 248 g/mol. The fourth-order valence-corrected chi connectivity index (χ4v) is 3.19. The summed E-state index contributed by atoms with van der Waals surface area (Å²) in [6.07, 6.45) is 2.48. The maximum atomic E-state index is 12.6. The molecule has 1 aromatic rings. The number of rotatable bonds is 3. The summed E-state index contributed by atoms with van der Waals surface area (Å²) in [5.41, 5.74) is 1.31. The van der Waals surface area contributed by atoms with Crippen LogP contribution in [0.15, 0.2) is 30.3 Å². The monoisotopic (exact) mass is 272 g/mol. The molecule has 3 heteroatoms. The molecule has 1 aliphatic carbocycles. The Morgan fingerprint density at radius 2 is 1.90 bits per heavy atom. The lowest BCUT2D eigenvalue weighted by Gasteiger charge is -2.40. The lowest BCUT2D eigenvalue weighted by molar-refractivity contribution is -0.138. The van der Waals surface area contributed by atoms with E-state index in [-0.39, 0.29) is 5.92 Å². The number of benzene rings is 1. The average molecular weight is 272 g/mol. The first kappa shape index (κ1) is 13.6. The highest BCUT2D eigenvalue weighted by atomic mass is 16.2. The molecule has 2 atom stereocenters. The van der Waals surface area contributed by atoms with Gasteiger partial charge in [0.2, 0.25) is 5.91 Å². The third kappa shape index (κ3) is 2.73. The van der Waals surface area contributed by atoms with Gasteiger partial charge in [0.15, 0.2) is 0 Å². The maximum Gasteiger partial charge on any atom is 0.225 e. The lowest BCUT2D eigenvalue weighted by Crippen LogP contribution is -2.50. The van der Waals surface area contributed by atoms with Gasteiger partial charge in [-0.05, 0) is 31.4 Å². The van der Waals surface area contributed by atoms with Crippen molar-refractivity contribution in [2.24, 2.45) is 11.8 Å². The van der Waals surface area contributed by atoms with Crippen molar-refractivity contribution in [3.8, 4) is 0 Å². The first-order chi connectivity index (χ1) is 9.66. The number of piperazine rings is 1. The molecule has 0 radical (unpaired) electrons. The van der Waals surface area contributed by atoms with Crippen LogP contribution in [-0.2, 0) is 4.79 Å². The van der Waals surface area contributed by atoms with Gasteiger partial charge in [-0.15, -0.1) is 0 Å². The Morgan fingerprint density at radius 3 is 2.55 bits per heavy atom. The Hall–Kier alpha value is -1.35. The van der Waals surface area contributed by atoms with Crippen molar-refractivity contribution in [3.63, 3.8) is 0 Å². The Kier molecular flexibility index (Phi) is 3.79. The second kappa shape index (κ2) is 5.57. The predicted molar refractivity (Wildman–Crippen MR) is 80.3 cm³/mol. The molecule has 0 spiro atoms. The summed E-state index contributed by atoms with van der Waals surface area (Å²) in [4.78, 5) is 17.0. The highest BCUT2D eigenvalue weighted by molar-refractivity contribution is 5.79. The van der Waals surface area contributed by atoms with E-state index in [1.54, 1.807) is 0 Å². The minimum Gasteiger partial charge on any atom is -0.339 e. The normalized spacial score (nSPS) is 25.5. The molecule has 1 amide bonds. The van der Waals surface area contributed by atoms with Gasteiger partial charge in [0.05, 0.1) is 6.04 Å². The van der Waals surface area contributed by atoms with Crippen LogP contribution in [0.1, 0.15) is 31.4 Å². The van der Waals surface area contributed by atoms with Gasteiger partial charge in [0, 0.05) is 25.6 Å². The second-order valence-electron chi connectivity index (χ2n) is 6.32. The smallest absolute Gasteiger partial charge is 0.225 e. The van der Waals surface area contributed by atoms with Crippen LogP contribution < -0.4 is 0 Å². The first-order valence-electron chi connectivity index (χ1n) is 7.71. The Bertz CT molecular complexity index is 469. The summed E-state index contributed by atoms with van der Waals surface area (Å²) in [6, 6.07) is 10.9. The summed E-state index contributed by atoms with van der Waals surface area (Å²) in [5, 5.41) is 0. The molecule has 2 unspecified atom stereocenters. The number of carbonyl (C=O) groups excluding carboxylic acids is 1. The van der Waals surface area contributed by atoms with Gasteiger partial charge in [0.1, 0.15) is 0 Å².